The molecule has 0 radical (unpaired) electrons. The third kappa shape index (κ3) is 3.18. The summed E-state index contributed by atoms with van der Waals surface area (Å²) >= 11 is 0. The van der Waals surface area contributed by atoms with Crippen molar-refractivity contribution >= 4 is 21.1 Å². The standard InChI is InChI=1S/C16H16N2O3S/c1-12-18-15-11-14(7-8-16(15)21-12)22(19,20)17-10-9-13-5-3-2-4-6-13/h2-8,11,17H,9-10H2,1H3. The third-order valence-electron chi connectivity index (χ3n) is 3.32. The number of sulfonamides is 1. The van der Waals surface area contributed by atoms with Crippen molar-refractivity contribution < 1.29 is 12.8 Å². The molecule has 0 aliphatic heterocycles. The molecule has 0 unspecified atom stereocenters. The average molecular weight is 316 g/mol. The van der Waals surface area contributed by atoms with E-state index in [4.69, 9.17) is 4.42 Å². The van der Waals surface area contributed by atoms with Crippen LogP contribution in [0.25, 0.3) is 11.1 Å². The Kier molecular flexibility index (Phi) is 3.96. The van der Waals surface area contributed by atoms with Gasteiger partial charge in [-0.15, -0.1) is 0 Å². The number of aromatic nitrogens is 1. The average Bonchev–Trinajstić information content (AvgIpc) is 2.87. The van der Waals surface area contributed by atoms with Crippen molar-refractivity contribution in [2.24, 2.45) is 0 Å². The van der Waals surface area contributed by atoms with E-state index in [-0.39, 0.29) is 4.90 Å². The van der Waals surface area contributed by atoms with Crippen LogP contribution in [0.4, 0.5) is 0 Å². The first-order valence-electron chi connectivity index (χ1n) is 6.95. The van der Waals surface area contributed by atoms with E-state index in [1.54, 1.807) is 13.0 Å². The van der Waals surface area contributed by atoms with Gasteiger partial charge in [-0.1, -0.05) is 30.3 Å². The predicted molar refractivity (Wildman–Crippen MR) is 84.1 cm³/mol. The Labute approximate surface area is 129 Å². The van der Waals surface area contributed by atoms with E-state index in [2.05, 4.69) is 9.71 Å². The zero-order chi connectivity index (χ0) is 15.6. The summed E-state index contributed by atoms with van der Waals surface area (Å²) in [7, 11) is -3.54. The topological polar surface area (TPSA) is 72.2 Å². The molecular weight excluding hydrogens is 300 g/mol. The van der Waals surface area contributed by atoms with Crippen molar-refractivity contribution in [1.29, 1.82) is 0 Å². The van der Waals surface area contributed by atoms with Crippen molar-refractivity contribution in [3.8, 4) is 0 Å². The summed E-state index contributed by atoms with van der Waals surface area (Å²) < 4.78 is 32.6. The number of rotatable bonds is 5. The Hall–Kier alpha value is -2.18. The van der Waals surface area contributed by atoms with Crippen LogP contribution >= 0.6 is 0 Å². The minimum atomic E-state index is -3.54. The van der Waals surface area contributed by atoms with Crippen LogP contribution in [0.2, 0.25) is 0 Å². The summed E-state index contributed by atoms with van der Waals surface area (Å²) in [4.78, 5) is 4.35. The van der Waals surface area contributed by atoms with E-state index in [0.717, 1.165) is 5.56 Å². The fraction of sp³-hybridized carbons (Fsp3) is 0.188. The molecule has 6 heteroatoms. The number of nitrogens with one attached hydrogen (secondary N) is 1. The van der Waals surface area contributed by atoms with E-state index >= 15 is 0 Å². The van der Waals surface area contributed by atoms with Crippen molar-refractivity contribution in [2.75, 3.05) is 6.54 Å². The molecule has 3 rings (SSSR count). The van der Waals surface area contributed by atoms with E-state index in [9.17, 15) is 8.42 Å². The molecule has 2 aromatic carbocycles. The molecule has 1 heterocycles. The number of benzene rings is 2. The smallest absolute Gasteiger partial charge is 0.240 e. The number of nitrogens with zero attached hydrogens (tertiary/aromatic N) is 1. The van der Waals surface area contributed by atoms with E-state index in [0.29, 0.717) is 30.0 Å². The molecule has 0 atom stereocenters. The number of oxazole rings is 1. The van der Waals surface area contributed by atoms with Crippen LogP contribution in [0.15, 0.2) is 57.8 Å². The van der Waals surface area contributed by atoms with Crippen molar-refractivity contribution in [2.45, 2.75) is 18.2 Å². The van der Waals surface area contributed by atoms with Gasteiger partial charge in [0, 0.05) is 13.5 Å². The number of fused-ring (bicyclic) bond motifs is 1. The van der Waals surface area contributed by atoms with Crippen molar-refractivity contribution in [3.63, 3.8) is 0 Å². The van der Waals surface area contributed by atoms with Crippen LogP contribution in [0.5, 0.6) is 0 Å². The maximum atomic E-state index is 12.3. The van der Waals surface area contributed by atoms with Crippen LogP contribution in [-0.2, 0) is 16.4 Å². The molecule has 0 aliphatic carbocycles. The lowest BCUT2D eigenvalue weighted by Gasteiger charge is -2.06. The van der Waals surface area contributed by atoms with Gasteiger partial charge in [0.25, 0.3) is 0 Å². The number of hydrogen-bond donors (Lipinski definition) is 1. The van der Waals surface area contributed by atoms with Gasteiger partial charge in [-0.2, -0.15) is 0 Å². The molecule has 0 aliphatic rings. The molecule has 1 N–H and O–H groups in total. The minimum absolute atomic E-state index is 0.196. The molecule has 114 valence electrons. The molecule has 3 aromatic rings. The highest BCUT2D eigenvalue weighted by atomic mass is 32.2. The van der Waals surface area contributed by atoms with Gasteiger partial charge in [0.1, 0.15) is 5.52 Å². The SMILES string of the molecule is Cc1nc2cc(S(=O)(=O)NCCc3ccccc3)ccc2o1. The summed E-state index contributed by atoms with van der Waals surface area (Å²) in [5, 5.41) is 0. The highest BCUT2D eigenvalue weighted by Gasteiger charge is 2.15. The second-order valence-corrected chi connectivity index (χ2v) is 6.76. The zero-order valence-electron chi connectivity index (χ0n) is 12.1. The molecule has 1 aromatic heterocycles. The van der Waals surface area contributed by atoms with E-state index in [1.807, 2.05) is 30.3 Å². The van der Waals surface area contributed by atoms with Crippen LogP contribution in [-0.4, -0.2) is 19.9 Å². The summed E-state index contributed by atoms with van der Waals surface area (Å²) in [6.45, 7) is 2.08. The Balaban J connectivity index is 1.73. The number of aryl methyl sites for hydroxylation is 1. The van der Waals surface area contributed by atoms with Gasteiger partial charge in [-0.05, 0) is 30.2 Å². The van der Waals surface area contributed by atoms with Crippen LogP contribution in [0, 0.1) is 6.92 Å². The molecule has 0 spiro atoms. The molecule has 22 heavy (non-hydrogen) atoms. The number of hydrogen-bond acceptors (Lipinski definition) is 4. The quantitative estimate of drug-likeness (QED) is 0.785. The second-order valence-electron chi connectivity index (χ2n) is 5.00. The largest absolute Gasteiger partial charge is 0.441 e. The van der Waals surface area contributed by atoms with Gasteiger partial charge in [0.2, 0.25) is 10.0 Å². The summed E-state index contributed by atoms with van der Waals surface area (Å²) in [5.41, 5.74) is 2.22. The lowest BCUT2D eigenvalue weighted by Crippen LogP contribution is -2.25. The fourth-order valence-electron chi connectivity index (χ4n) is 2.25. The predicted octanol–water partition coefficient (Wildman–Crippen LogP) is 2.66. The lowest BCUT2D eigenvalue weighted by molar-refractivity contribution is 0.561. The highest BCUT2D eigenvalue weighted by Crippen LogP contribution is 2.19. The maximum Gasteiger partial charge on any atom is 0.240 e. The molecule has 0 bridgehead atoms. The molecule has 5 nitrogen and oxygen atoms in total. The van der Waals surface area contributed by atoms with Crippen molar-refractivity contribution in [1.82, 2.24) is 9.71 Å². The summed E-state index contributed by atoms with van der Waals surface area (Å²) in [6, 6.07) is 14.4. The van der Waals surface area contributed by atoms with Gasteiger partial charge >= 0.3 is 0 Å². The molecule has 0 saturated carbocycles. The third-order valence-corrected chi connectivity index (χ3v) is 4.78. The molecular formula is C16H16N2O3S. The molecule has 0 amide bonds. The first-order valence-corrected chi connectivity index (χ1v) is 8.44. The van der Waals surface area contributed by atoms with Gasteiger partial charge in [-0.3, -0.25) is 0 Å². The summed E-state index contributed by atoms with van der Waals surface area (Å²) in [6.07, 6.45) is 0.644. The van der Waals surface area contributed by atoms with Crippen LogP contribution in [0.1, 0.15) is 11.5 Å². The Morgan fingerprint density at radius 1 is 1.14 bits per heavy atom. The second kappa shape index (κ2) is 5.90. The summed E-state index contributed by atoms with van der Waals surface area (Å²) in [5.74, 6) is 0.515. The Morgan fingerprint density at radius 2 is 1.91 bits per heavy atom. The van der Waals surface area contributed by atoms with Gasteiger partial charge in [-0.25, -0.2) is 18.1 Å². The minimum Gasteiger partial charge on any atom is -0.441 e. The van der Waals surface area contributed by atoms with Gasteiger partial charge in [0.05, 0.1) is 4.90 Å². The molecule has 0 saturated heterocycles. The first-order chi connectivity index (χ1) is 10.5. The molecule has 0 fully saturated rings. The normalized spacial score (nSPS) is 11.9. The Bertz CT molecular complexity index is 886. The zero-order valence-corrected chi connectivity index (χ0v) is 12.9. The van der Waals surface area contributed by atoms with Crippen LogP contribution < -0.4 is 4.72 Å². The fourth-order valence-corrected chi connectivity index (χ4v) is 3.30. The lowest BCUT2D eigenvalue weighted by atomic mass is 10.2. The first kappa shape index (κ1) is 14.7. The maximum absolute atomic E-state index is 12.3. The van der Waals surface area contributed by atoms with Crippen LogP contribution in [0.3, 0.4) is 0 Å². The van der Waals surface area contributed by atoms with Crippen molar-refractivity contribution in [3.05, 3.63) is 60.0 Å². The van der Waals surface area contributed by atoms with Gasteiger partial charge < -0.3 is 4.42 Å². The van der Waals surface area contributed by atoms with E-state index in [1.165, 1.54) is 12.1 Å². The highest BCUT2D eigenvalue weighted by molar-refractivity contribution is 7.89. The van der Waals surface area contributed by atoms with E-state index < -0.39 is 10.0 Å². The Morgan fingerprint density at radius 3 is 2.68 bits per heavy atom. The van der Waals surface area contributed by atoms with Gasteiger partial charge in [0.15, 0.2) is 11.5 Å². The monoisotopic (exact) mass is 316 g/mol.